The van der Waals surface area contributed by atoms with Gasteiger partial charge in [0.1, 0.15) is 17.5 Å². The van der Waals surface area contributed by atoms with Crippen LogP contribution < -0.4 is 20.1 Å². The van der Waals surface area contributed by atoms with Gasteiger partial charge in [0, 0.05) is 24.5 Å². The SMILES string of the molecule is COc1cc2nc(NCc3ccc(F)cc3)nc(NCc3ccc(F)cc3)c2cc1OC. The normalized spacial score (nSPS) is 10.8. The van der Waals surface area contributed by atoms with Crippen molar-refractivity contribution < 1.29 is 18.3 Å². The lowest BCUT2D eigenvalue weighted by molar-refractivity contribution is 0.356. The van der Waals surface area contributed by atoms with Gasteiger partial charge in [-0.2, -0.15) is 4.98 Å². The summed E-state index contributed by atoms with van der Waals surface area (Å²) < 4.78 is 37.2. The molecule has 3 aromatic carbocycles. The number of halogens is 2. The fourth-order valence-electron chi connectivity index (χ4n) is 3.24. The molecule has 32 heavy (non-hydrogen) atoms. The average Bonchev–Trinajstić information content (AvgIpc) is 2.82. The van der Waals surface area contributed by atoms with Crippen LogP contribution in [0.1, 0.15) is 11.1 Å². The van der Waals surface area contributed by atoms with Crippen molar-refractivity contribution in [2.24, 2.45) is 0 Å². The summed E-state index contributed by atoms with van der Waals surface area (Å²) in [6, 6.07) is 16.1. The molecule has 0 unspecified atom stereocenters. The summed E-state index contributed by atoms with van der Waals surface area (Å²) in [4.78, 5) is 9.22. The molecular formula is C24H22F2N4O2. The molecule has 2 N–H and O–H groups in total. The molecule has 0 aliphatic heterocycles. The molecule has 1 aromatic heterocycles. The van der Waals surface area contributed by atoms with Crippen LogP contribution in [0.4, 0.5) is 20.5 Å². The van der Waals surface area contributed by atoms with Crippen molar-refractivity contribution in [3.05, 3.63) is 83.4 Å². The Kier molecular flexibility index (Phi) is 6.30. The molecule has 0 bridgehead atoms. The van der Waals surface area contributed by atoms with Gasteiger partial charge in [-0.15, -0.1) is 0 Å². The van der Waals surface area contributed by atoms with Crippen molar-refractivity contribution in [2.75, 3.05) is 24.9 Å². The van der Waals surface area contributed by atoms with Crippen LogP contribution in [0.2, 0.25) is 0 Å². The molecule has 0 aliphatic carbocycles. The summed E-state index contributed by atoms with van der Waals surface area (Å²) in [7, 11) is 3.13. The van der Waals surface area contributed by atoms with Gasteiger partial charge < -0.3 is 20.1 Å². The summed E-state index contributed by atoms with van der Waals surface area (Å²) in [6.45, 7) is 0.870. The minimum atomic E-state index is -0.288. The summed E-state index contributed by atoms with van der Waals surface area (Å²) in [5, 5.41) is 7.22. The molecule has 0 radical (unpaired) electrons. The molecule has 164 valence electrons. The van der Waals surface area contributed by atoms with E-state index in [1.807, 2.05) is 6.07 Å². The second-order valence-corrected chi connectivity index (χ2v) is 7.08. The number of ether oxygens (including phenoxy) is 2. The molecule has 0 fully saturated rings. The standard InChI is InChI=1S/C24H22F2N4O2/c1-31-21-11-19-20(12-22(21)32-2)29-24(28-14-16-5-9-18(26)10-6-16)30-23(19)27-13-15-3-7-17(25)8-4-15/h3-12H,13-14H2,1-2H3,(H2,27,28,29,30). The zero-order valence-electron chi connectivity index (χ0n) is 17.7. The molecule has 6 nitrogen and oxygen atoms in total. The van der Waals surface area contributed by atoms with E-state index >= 15 is 0 Å². The van der Waals surface area contributed by atoms with Gasteiger partial charge >= 0.3 is 0 Å². The molecule has 4 rings (SSSR count). The third-order valence-corrected chi connectivity index (χ3v) is 4.94. The Morgan fingerprint density at radius 3 is 1.81 bits per heavy atom. The van der Waals surface area contributed by atoms with Crippen LogP contribution in [0.5, 0.6) is 11.5 Å². The number of hydrogen-bond donors (Lipinski definition) is 2. The highest BCUT2D eigenvalue weighted by Crippen LogP contribution is 2.34. The number of nitrogens with zero attached hydrogens (tertiary/aromatic N) is 2. The van der Waals surface area contributed by atoms with E-state index in [9.17, 15) is 8.78 Å². The number of nitrogens with one attached hydrogen (secondary N) is 2. The van der Waals surface area contributed by atoms with E-state index in [0.717, 1.165) is 16.5 Å². The highest BCUT2D eigenvalue weighted by atomic mass is 19.1. The highest BCUT2D eigenvalue weighted by molar-refractivity contribution is 5.92. The Labute approximate surface area is 184 Å². The maximum Gasteiger partial charge on any atom is 0.225 e. The Bertz CT molecular complexity index is 1220. The molecule has 0 atom stereocenters. The number of methoxy groups -OCH3 is 2. The number of aromatic nitrogens is 2. The quantitative estimate of drug-likeness (QED) is 0.398. The zero-order chi connectivity index (χ0) is 22.5. The maximum absolute atomic E-state index is 13.2. The average molecular weight is 436 g/mol. The van der Waals surface area contributed by atoms with E-state index in [4.69, 9.17) is 9.47 Å². The molecule has 0 spiro atoms. The van der Waals surface area contributed by atoms with Crippen molar-refractivity contribution in [3.8, 4) is 11.5 Å². The molecule has 8 heteroatoms. The second-order valence-electron chi connectivity index (χ2n) is 7.08. The minimum Gasteiger partial charge on any atom is -0.493 e. The van der Waals surface area contributed by atoms with Gasteiger partial charge in [-0.1, -0.05) is 24.3 Å². The molecule has 1 heterocycles. The lowest BCUT2D eigenvalue weighted by atomic mass is 10.2. The van der Waals surface area contributed by atoms with Crippen LogP contribution in [0.25, 0.3) is 10.9 Å². The molecular weight excluding hydrogens is 414 g/mol. The fourth-order valence-corrected chi connectivity index (χ4v) is 3.24. The fraction of sp³-hybridized carbons (Fsp3) is 0.167. The Morgan fingerprint density at radius 1 is 0.719 bits per heavy atom. The third-order valence-electron chi connectivity index (χ3n) is 4.94. The minimum absolute atomic E-state index is 0.287. The Balaban J connectivity index is 1.66. The second kappa shape index (κ2) is 9.47. The number of rotatable bonds is 8. The van der Waals surface area contributed by atoms with Crippen LogP contribution in [0, 0.1) is 11.6 Å². The summed E-state index contributed by atoms with van der Waals surface area (Å²) in [5.41, 5.74) is 2.45. The number of anilines is 2. The van der Waals surface area contributed by atoms with Crippen LogP contribution >= 0.6 is 0 Å². The van der Waals surface area contributed by atoms with E-state index in [1.54, 1.807) is 44.6 Å². The van der Waals surface area contributed by atoms with Gasteiger partial charge in [0.25, 0.3) is 0 Å². The van der Waals surface area contributed by atoms with Crippen molar-refractivity contribution in [2.45, 2.75) is 13.1 Å². The third kappa shape index (κ3) is 4.85. The lowest BCUT2D eigenvalue weighted by Gasteiger charge is -2.14. The monoisotopic (exact) mass is 436 g/mol. The first-order chi connectivity index (χ1) is 15.6. The smallest absolute Gasteiger partial charge is 0.225 e. The number of hydrogen-bond acceptors (Lipinski definition) is 6. The van der Waals surface area contributed by atoms with E-state index in [0.29, 0.717) is 41.9 Å². The van der Waals surface area contributed by atoms with Crippen molar-refractivity contribution >= 4 is 22.7 Å². The first-order valence-electron chi connectivity index (χ1n) is 9.96. The van der Waals surface area contributed by atoms with Gasteiger partial charge in [-0.25, -0.2) is 13.8 Å². The van der Waals surface area contributed by atoms with Gasteiger partial charge in [0.2, 0.25) is 5.95 Å². The Morgan fingerprint density at radius 2 is 1.25 bits per heavy atom. The van der Waals surface area contributed by atoms with Crippen LogP contribution in [0.3, 0.4) is 0 Å². The summed E-state index contributed by atoms with van der Waals surface area (Å²) in [5.74, 6) is 1.51. The number of fused-ring (bicyclic) bond motifs is 1. The van der Waals surface area contributed by atoms with Gasteiger partial charge in [-0.05, 0) is 41.5 Å². The van der Waals surface area contributed by atoms with E-state index < -0.39 is 0 Å². The van der Waals surface area contributed by atoms with E-state index in [2.05, 4.69) is 20.6 Å². The topological polar surface area (TPSA) is 68.3 Å². The van der Waals surface area contributed by atoms with Crippen LogP contribution in [0.15, 0.2) is 60.7 Å². The van der Waals surface area contributed by atoms with Crippen molar-refractivity contribution in [1.82, 2.24) is 9.97 Å². The van der Waals surface area contributed by atoms with Gasteiger partial charge in [-0.3, -0.25) is 0 Å². The predicted molar refractivity (Wildman–Crippen MR) is 120 cm³/mol. The lowest BCUT2D eigenvalue weighted by Crippen LogP contribution is -2.08. The van der Waals surface area contributed by atoms with Crippen molar-refractivity contribution in [1.29, 1.82) is 0 Å². The van der Waals surface area contributed by atoms with Gasteiger partial charge in [0.15, 0.2) is 11.5 Å². The zero-order valence-corrected chi connectivity index (χ0v) is 17.7. The maximum atomic E-state index is 13.2. The predicted octanol–water partition coefficient (Wildman–Crippen LogP) is 5.15. The molecule has 4 aromatic rings. The van der Waals surface area contributed by atoms with Gasteiger partial charge in [0.05, 0.1) is 19.7 Å². The molecule has 0 saturated heterocycles. The summed E-state index contributed by atoms with van der Waals surface area (Å²) >= 11 is 0. The van der Waals surface area contributed by atoms with E-state index in [-0.39, 0.29) is 11.6 Å². The number of benzene rings is 3. The van der Waals surface area contributed by atoms with Crippen LogP contribution in [-0.4, -0.2) is 24.2 Å². The highest BCUT2D eigenvalue weighted by Gasteiger charge is 2.13. The summed E-state index contributed by atoms with van der Waals surface area (Å²) in [6.07, 6.45) is 0. The molecule has 0 amide bonds. The first kappa shape index (κ1) is 21.3. The van der Waals surface area contributed by atoms with Crippen LogP contribution in [-0.2, 0) is 13.1 Å². The molecule has 0 saturated carbocycles. The first-order valence-corrected chi connectivity index (χ1v) is 9.96. The Hall–Kier alpha value is -3.94. The molecule has 0 aliphatic rings. The van der Waals surface area contributed by atoms with E-state index in [1.165, 1.54) is 24.3 Å². The largest absolute Gasteiger partial charge is 0.493 e. The van der Waals surface area contributed by atoms with Crippen molar-refractivity contribution in [3.63, 3.8) is 0 Å².